The number of hydrogen-bond donors (Lipinski definition) is 1. The van der Waals surface area contributed by atoms with Gasteiger partial charge >= 0.3 is 5.97 Å². The first-order chi connectivity index (χ1) is 9.62. The zero-order valence-corrected chi connectivity index (χ0v) is 13.7. The van der Waals surface area contributed by atoms with Gasteiger partial charge in [-0.15, -0.1) is 11.3 Å². The summed E-state index contributed by atoms with van der Waals surface area (Å²) in [4.78, 5) is 15.4. The molecule has 0 saturated heterocycles. The molecule has 1 aliphatic rings. The fourth-order valence-corrected chi connectivity index (χ4v) is 4.20. The number of anilines is 1. The van der Waals surface area contributed by atoms with Crippen LogP contribution in [-0.4, -0.2) is 36.2 Å². The summed E-state index contributed by atoms with van der Waals surface area (Å²) in [5.74, 6) is -0.269. The first-order valence-corrected chi connectivity index (χ1v) is 8.13. The largest absolute Gasteiger partial charge is 0.465 e. The van der Waals surface area contributed by atoms with Crippen molar-refractivity contribution in [2.45, 2.75) is 33.1 Å². The number of rotatable bonds is 4. The first-order valence-electron chi connectivity index (χ1n) is 6.91. The monoisotopic (exact) mass is 312 g/mol. The van der Waals surface area contributed by atoms with Crippen molar-refractivity contribution in [2.75, 3.05) is 25.5 Å². The lowest BCUT2D eigenvalue weighted by atomic mass is 10.1. The number of nitrogens with one attached hydrogen (secondary N) is 1. The number of carbonyl (C=O) groups is 1. The molecular formula is C14H20N2O2S2. The maximum atomic E-state index is 12.0. The first kappa shape index (κ1) is 15.3. The highest BCUT2D eigenvalue weighted by atomic mass is 32.1. The molecule has 20 heavy (non-hydrogen) atoms. The molecule has 2 rings (SSSR count). The summed E-state index contributed by atoms with van der Waals surface area (Å²) in [7, 11) is 1.42. The van der Waals surface area contributed by atoms with E-state index in [0.717, 1.165) is 42.9 Å². The van der Waals surface area contributed by atoms with Crippen molar-refractivity contribution in [3.05, 3.63) is 16.0 Å². The molecule has 1 aliphatic carbocycles. The number of methoxy groups -OCH3 is 1. The molecule has 1 aromatic heterocycles. The Bertz CT molecular complexity index is 521. The second kappa shape index (κ2) is 6.54. The maximum absolute atomic E-state index is 12.0. The highest BCUT2D eigenvalue weighted by Crippen LogP contribution is 2.39. The van der Waals surface area contributed by atoms with Crippen LogP contribution in [0.2, 0.25) is 0 Å². The fourth-order valence-electron chi connectivity index (χ4n) is 2.50. The average molecular weight is 312 g/mol. The number of carbonyl (C=O) groups excluding carboxylic acids is 1. The minimum Gasteiger partial charge on any atom is -0.465 e. The van der Waals surface area contributed by atoms with E-state index in [1.54, 1.807) is 11.3 Å². The van der Waals surface area contributed by atoms with Crippen molar-refractivity contribution < 1.29 is 9.53 Å². The molecule has 1 heterocycles. The van der Waals surface area contributed by atoms with E-state index >= 15 is 0 Å². The summed E-state index contributed by atoms with van der Waals surface area (Å²) in [5, 5.41) is 4.73. The Morgan fingerprint density at radius 1 is 1.40 bits per heavy atom. The molecule has 1 aromatic rings. The third kappa shape index (κ3) is 2.81. The molecule has 0 unspecified atom stereocenters. The van der Waals surface area contributed by atoms with Gasteiger partial charge in [0.25, 0.3) is 0 Å². The van der Waals surface area contributed by atoms with Crippen molar-refractivity contribution in [3.63, 3.8) is 0 Å². The van der Waals surface area contributed by atoms with E-state index in [4.69, 9.17) is 17.0 Å². The maximum Gasteiger partial charge on any atom is 0.341 e. The molecule has 0 aromatic carbocycles. The molecule has 0 spiro atoms. The van der Waals surface area contributed by atoms with Crippen molar-refractivity contribution >= 4 is 39.6 Å². The van der Waals surface area contributed by atoms with Gasteiger partial charge in [-0.25, -0.2) is 4.79 Å². The summed E-state index contributed by atoms with van der Waals surface area (Å²) < 4.78 is 4.93. The van der Waals surface area contributed by atoms with E-state index in [0.29, 0.717) is 10.7 Å². The smallest absolute Gasteiger partial charge is 0.341 e. The van der Waals surface area contributed by atoms with Gasteiger partial charge in [0.05, 0.1) is 12.7 Å². The molecule has 6 heteroatoms. The topological polar surface area (TPSA) is 41.6 Å². The van der Waals surface area contributed by atoms with E-state index < -0.39 is 0 Å². The molecule has 0 atom stereocenters. The van der Waals surface area contributed by atoms with E-state index in [1.165, 1.54) is 12.0 Å². The van der Waals surface area contributed by atoms with Gasteiger partial charge in [0, 0.05) is 18.0 Å². The Morgan fingerprint density at radius 3 is 2.70 bits per heavy atom. The molecule has 0 aliphatic heterocycles. The lowest BCUT2D eigenvalue weighted by molar-refractivity contribution is 0.0601. The second-order valence-corrected chi connectivity index (χ2v) is 6.15. The van der Waals surface area contributed by atoms with Crippen molar-refractivity contribution in [1.29, 1.82) is 0 Å². The van der Waals surface area contributed by atoms with E-state index in [9.17, 15) is 4.79 Å². The van der Waals surface area contributed by atoms with Gasteiger partial charge in [0.15, 0.2) is 5.11 Å². The Hall–Kier alpha value is -1.14. The highest BCUT2D eigenvalue weighted by Gasteiger charge is 2.27. The van der Waals surface area contributed by atoms with Crippen LogP contribution < -0.4 is 5.32 Å². The van der Waals surface area contributed by atoms with Crippen LogP contribution in [0.15, 0.2) is 0 Å². The van der Waals surface area contributed by atoms with Gasteiger partial charge < -0.3 is 15.0 Å². The van der Waals surface area contributed by atoms with Gasteiger partial charge in [-0.2, -0.15) is 0 Å². The normalized spacial score (nSPS) is 12.9. The van der Waals surface area contributed by atoms with Crippen LogP contribution in [0.3, 0.4) is 0 Å². The van der Waals surface area contributed by atoms with Gasteiger partial charge in [-0.05, 0) is 50.9 Å². The Morgan fingerprint density at radius 2 is 2.10 bits per heavy atom. The summed E-state index contributed by atoms with van der Waals surface area (Å²) in [6.07, 6.45) is 3.12. The Kier molecular flexibility index (Phi) is 4.99. The number of nitrogens with zero attached hydrogens (tertiary/aromatic N) is 1. The molecule has 0 bridgehead atoms. The minimum atomic E-state index is -0.269. The molecule has 0 amide bonds. The van der Waals surface area contributed by atoms with Crippen LogP contribution in [0.4, 0.5) is 5.00 Å². The summed E-state index contributed by atoms with van der Waals surface area (Å²) in [6, 6.07) is 0. The fraction of sp³-hybridized carbons (Fsp3) is 0.571. The van der Waals surface area contributed by atoms with Crippen LogP contribution in [0, 0.1) is 0 Å². The number of thiophene rings is 1. The van der Waals surface area contributed by atoms with Crippen LogP contribution >= 0.6 is 23.6 Å². The van der Waals surface area contributed by atoms with Gasteiger partial charge in [0.2, 0.25) is 0 Å². The predicted octanol–water partition coefficient (Wildman–Crippen LogP) is 3.06. The van der Waals surface area contributed by atoms with Gasteiger partial charge in [-0.1, -0.05) is 0 Å². The van der Waals surface area contributed by atoms with Gasteiger partial charge in [0.1, 0.15) is 5.00 Å². The standard InChI is InChI=1S/C14H20N2O2S2/c1-4-16(5-2)14(19)15-12-11(13(17)18-3)9-7-6-8-10(9)20-12/h4-8H2,1-3H3,(H,15,19). The minimum absolute atomic E-state index is 0.269. The van der Waals surface area contributed by atoms with Crippen molar-refractivity contribution in [3.8, 4) is 0 Å². The molecule has 4 nitrogen and oxygen atoms in total. The van der Waals surface area contributed by atoms with Crippen LogP contribution in [0.5, 0.6) is 0 Å². The molecule has 0 saturated carbocycles. The van der Waals surface area contributed by atoms with Crippen LogP contribution in [0.25, 0.3) is 0 Å². The number of aryl methyl sites for hydroxylation is 1. The zero-order valence-electron chi connectivity index (χ0n) is 12.1. The molecule has 0 radical (unpaired) electrons. The van der Waals surface area contributed by atoms with E-state index in [1.807, 2.05) is 0 Å². The van der Waals surface area contributed by atoms with Crippen molar-refractivity contribution in [2.24, 2.45) is 0 Å². The number of ether oxygens (including phenoxy) is 1. The quantitative estimate of drug-likeness (QED) is 0.683. The lowest BCUT2D eigenvalue weighted by Crippen LogP contribution is -2.34. The zero-order chi connectivity index (χ0) is 14.7. The third-order valence-corrected chi connectivity index (χ3v) is 5.15. The van der Waals surface area contributed by atoms with E-state index in [-0.39, 0.29) is 5.97 Å². The van der Waals surface area contributed by atoms with Crippen LogP contribution in [0.1, 0.15) is 41.1 Å². The average Bonchev–Trinajstić information content (AvgIpc) is 2.99. The summed E-state index contributed by atoms with van der Waals surface area (Å²) in [6.45, 7) is 5.82. The number of fused-ring (bicyclic) bond motifs is 1. The van der Waals surface area contributed by atoms with Crippen molar-refractivity contribution in [1.82, 2.24) is 4.90 Å². The molecular weight excluding hydrogens is 292 g/mol. The Labute approximate surface area is 129 Å². The highest BCUT2D eigenvalue weighted by molar-refractivity contribution is 7.80. The second-order valence-electron chi connectivity index (χ2n) is 4.66. The number of thiocarbonyl (C=S) groups is 1. The molecule has 0 fully saturated rings. The summed E-state index contributed by atoms with van der Waals surface area (Å²) >= 11 is 7.05. The Balaban J connectivity index is 2.28. The molecule has 1 N–H and O–H groups in total. The van der Waals surface area contributed by atoms with Gasteiger partial charge in [-0.3, -0.25) is 0 Å². The van der Waals surface area contributed by atoms with E-state index in [2.05, 4.69) is 24.1 Å². The predicted molar refractivity (Wildman–Crippen MR) is 86.8 cm³/mol. The van der Waals surface area contributed by atoms with Crippen LogP contribution in [-0.2, 0) is 17.6 Å². The SMILES string of the molecule is CCN(CC)C(=S)Nc1sc2c(c1C(=O)OC)CCC2. The summed E-state index contributed by atoms with van der Waals surface area (Å²) in [5.41, 5.74) is 1.83. The molecule has 110 valence electrons. The number of hydrogen-bond acceptors (Lipinski definition) is 4. The number of esters is 1. The lowest BCUT2D eigenvalue weighted by Gasteiger charge is -2.22. The third-order valence-electron chi connectivity index (χ3n) is 3.58.